The van der Waals surface area contributed by atoms with E-state index in [1.54, 1.807) is 23.8 Å². The fourth-order valence-electron chi connectivity index (χ4n) is 3.52. The van der Waals surface area contributed by atoms with Crippen molar-refractivity contribution in [3.05, 3.63) is 53.1 Å². The van der Waals surface area contributed by atoms with Crippen LogP contribution in [-0.4, -0.2) is 56.3 Å². The molecule has 0 saturated carbocycles. The summed E-state index contributed by atoms with van der Waals surface area (Å²) >= 11 is 1.56. The minimum atomic E-state index is -1.12. The molecule has 0 radical (unpaired) electrons. The smallest absolute Gasteiger partial charge is 0.257 e. The molecule has 0 bridgehead atoms. The fraction of sp³-hybridized carbons (Fsp3) is 0.409. The number of carbonyl (C=O) groups excluding carboxylic acids is 1. The van der Waals surface area contributed by atoms with Crippen molar-refractivity contribution in [1.29, 1.82) is 0 Å². The van der Waals surface area contributed by atoms with Crippen LogP contribution in [0.3, 0.4) is 0 Å². The van der Waals surface area contributed by atoms with E-state index in [-0.39, 0.29) is 11.2 Å². The Labute approximate surface area is 171 Å². The Bertz CT molecular complexity index is 852. The van der Waals surface area contributed by atoms with Crippen LogP contribution in [0.2, 0.25) is 0 Å². The van der Waals surface area contributed by atoms with Gasteiger partial charge in [-0.15, -0.1) is 11.8 Å². The normalized spacial score (nSPS) is 19.5. The number of hydrogen-bond acceptors (Lipinski definition) is 5. The van der Waals surface area contributed by atoms with Crippen LogP contribution in [0.1, 0.15) is 21.9 Å². The second-order valence-corrected chi connectivity index (χ2v) is 8.66. The maximum atomic E-state index is 13.3. The van der Waals surface area contributed by atoms with Gasteiger partial charge < -0.3 is 19.6 Å². The highest BCUT2D eigenvalue weighted by molar-refractivity contribution is 7.99. The summed E-state index contributed by atoms with van der Waals surface area (Å²) in [6, 6.07) is 11.8. The maximum Gasteiger partial charge on any atom is 0.257 e. The number of nitrogens with zero attached hydrogens (tertiary/aromatic N) is 2. The standard InChI is InChI=1S/C22H28N2O3S/c1-14-12-15(2)19-18(13-14)28-21(16-6-8-17(27-5)9-7-16)20(25)22(26)24(19)11-10-23(3)4/h6-9,12-13,20-21,25H,10-11H2,1-5H3/t20-,21+/m0/s1. The van der Waals surface area contributed by atoms with Crippen LogP contribution in [0.5, 0.6) is 5.75 Å². The summed E-state index contributed by atoms with van der Waals surface area (Å²) in [6.07, 6.45) is -1.12. The van der Waals surface area contributed by atoms with Gasteiger partial charge in [-0.25, -0.2) is 0 Å². The average Bonchev–Trinajstić information content (AvgIpc) is 2.76. The van der Waals surface area contributed by atoms with E-state index in [0.29, 0.717) is 6.54 Å². The zero-order valence-corrected chi connectivity index (χ0v) is 17.9. The van der Waals surface area contributed by atoms with Crippen LogP contribution in [0.25, 0.3) is 0 Å². The lowest BCUT2D eigenvalue weighted by molar-refractivity contribution is -0.126. The number of hydrogen-bond donors (Lipinski definition) is 1. The van der Waals surface area contributed by atoms with Gasteiger partial charge in [0.05, 0.1) is 18.0 Å². The topological polar surface area (TPSA) is 53.0 Å². The summed E-state index contributed by atoms with van der Waals surface area (Å²) in [7, 11) is 5.59. The number of aliphatic hydroxyl groups is 1. The van der Waals surface area contributed by atoms with Gasteiger partial charge in [-0.1, -0.05) is 18.2 Å². The molecule has 1 amide bonds. The molecule has 0 unspecified atom stereocenters. The van der Waals surface area contributed by atoms with Crippen molar-refractivity contribution in [2.24, 2.45) is 0 Å². The molecule has 2 aromatic rings. The van der Waals surface area contributed by atoms with Gasteiger partial charge in [0, 0.05) is 18.0 Å². The third kappa shape index (κ3) is 4.19. The van der Waals surface area contributed by atoms with E-state index in [1.165, 1.54) is 0 Å². The first-order valence-corrected chi connectivity index (χ1v) is 10.3. The lowest BCUT2D eigenvalue weighted by atomic mass is 10.0. The summed E-state index contributed by atoms with van der Waals surface area (Å²) in [5.74, 6) is 0.503. The lowest BCUT2D eigenvalue weighted by Crippen LogP contribution is -2.43. The third-order valence-electron chi connectivity index (χ3n) is 4.95. The number of benzene rings is 2. The Kier molecular flexibility index (Phi) is 6.33. The molecule has 2 atom stereocenters. The molecule has 0 aromatic heterocycles. The average molecular weight is 401 g/mol. The molecule has 5 nitrogen and oxygen atoms in total. The molecule has 2 aromatic carbocycles. The number of methoxy groups -OCH3 is 1. The van der Waals surface area contributed by atoms with Crippen LogP contribution in [0.15, 0.2) is 41.3 Å². The quantitative estimate of drug-likeness (QED) is 0.834. The molecule has 0 fully saturated rings. The number of likely N-dealkylation sites (N-methyl/N-ethyl adjacent to an activating group) is 1. The highest BCUT2D eigenvalue weighted by atomic mass is 32.2. The number of anilines is 1. The first-order chi connectivity index (χ1) is 13.3. The van der Waals surface area contributed by atoms with Gasteiger partial charge in [-0.05, 0) is 62.8 Å². The van der Waals surface area contributed by atoms with E-state index < -0.39 is 6.10 Å². The number of amides is 1. The molecule has 1 heterocycles. The summed E-state index contributed by atoms with van der Waals surface area (Å²) in [5, 5.41) is 10.6. The molecule has 3 rings (SSSR count). The Balaban J connectivity index is 2.06. The predicted molar refractivity (Wildman–Crippen MR) is 114 cm³/mol. The SMILES string of the molecule is COc1ccc([C@H]2Sc3cc(C)cc(C)c3N(CCN(C)C)C(=O)[C@H]2O)cc1. The lowest BCUT2D eigenvalue weighted by Gasteiger charge is -2.27. The second-order valence-electron chi connectivity index (χ2n) is 7.48. The summed E-state index contributed by atoms with van der Waals surface area (Å²) < 4.78 is 5.24. The maximum absolute atomic E-state index is 13.3. The monoisotopic (exact) mass is 400 g/mol. The first-order valence-electron chi connectivity index (χ1n) is 9.38. The molecule has 1 N–H and O–H groups in total. The Morgan fingerprint density at radius 2 is 1.86 bits per heavy atom. The van der Waals surface area contributed by atoms with Gasteiger partial charge in [0.1, 0.15) is 11.9 Å². The largest absolute Gasteiger partial charge is 0.497 e. The van der Waals surface area contributed by atoms with Gasteiger partial charge >= 0.3 is 0 Å². The Hall–Kier alpha value is -2.02. The number of rotatable bonds is 5. The minimum Gasteiger partial charge on any atom is -0.497 e. The number of thioether (sulfide) groups is 1. The van der Waals surface area contributed by atoms with Crippen molar-refractivity contribution < 1.29 is 14.6 Å². The van der Waals surface area contributed by atoms with Crippen molar-refractivity contribution in [1.82, 2.24) is 4.90 Å². The van der Waals surface area contributed by atoms with Gasteiger partial charge in [0.15, 0.2) is 0 Å². The summed E-state index contributed by atoms with van der Waals surface area (Å²) in [5.41, 5.74) is 4.02. The molecule has 1 aliphatic heterocycles. The molecule has 0 aliphatic carbocycles. The van der Waals surface area contributed by atoms with E-state index in [1.807, 2.05) is 50.2 Å². The highest BCUT2D eigenvalue weighted by Gasteiger charge is 2.38. The highest BCUT2D eigenvalue weighted by Crippen LogP contribution is 2.47. The van der Waals surface area contributed by atoms with Crippen LogP contribution < -0.4 is 9.64 Å². The van der Waals surface area contributed by atoms with Crippen molar-refractivity contribution in [2.45, 2.75) is 30.1 Å². The molecule has 28 heavy (non-hydrogen) atoms. The fourth-order valence-corrected chi connectivity index (χ4v) is 4.97. The van der Waals surface area contributed by atoms with E-state index in [9.17, 15) is 9.90 Å². The molecule has 1 aliphatic rings. The van der Waals surface area contributed by atoms with Crippen LogP contribution in [0, 0.1) is 13.8 Å². The van der Waals surface area contributed by atoms with Gasteiger partial charge in [-0.2, -0.15) is 0 Å². The molecular weight excluding hydrogens is 372 g/mol. The van der Waals surface area contributed by atoms with Crippen molar-refractivity contribution >= 4 is 23.4 Å². The van der Waals surface area contributed by atoms with Gasteiger partial charge in [0.2, 0.25) is 0 Å². The predicted octanol–water partition coefficient (Wildman–Crippen LogP) is 3.41. The van der Waals surface area contributed by atoms with Gasteiger partial charge in [-0.3, -0.25) is 4.79 Å². The van der Waals surface area contributed by atoms with Crippen LogP contribution in [-0.2, 0) is 4.79 Å². The molecule has 6 heteroatoms. The zero-order chi connectivity index (χ0) is 20.4. The van der Waals surface area contributed by atoms with Gasteiger partial charge in [0.25, 0.3) is 5.91 Å². The number of carbonyl (C=O) groups is 1. The number of fused-ring (bicyclic) bond motifs is 1. The number of aryl methyl sites for hydroxylation is 2. The van der Waals surface area contributed by atoms with Crippen LogP contribution in [0.4, 0.5) is 5.69 Å². The Morgan fingerprint density at radius 3 is 2.46 bits per heavy atom. The number of ether oxygens (including phenoxy) is 1. The molecular formula is C22H28N2O3S. The summed E-state index contributed by atoms with van der Waals surface area (Å²) in [4.78, 5) is 18.1. The Morgan fingerprint density at radius 1 is 1.18 bits per heavy atom. The zero-order valence-electron chi connectivity index (χ0n) is 17.1. The van der Waals surface area contributed by atoms with Crippen LogP contribution >= 0.6 is 11.8 Å². The van der Waals surface area contributed by atoms with E-state index >= 15 is 0 Å². The minimum absolute atomic E-state index is 0.249. The van der Waals surface area contributed by atoms with Crippen molar-refractivity contribution in [3.8, 4) is 5.75 Å². The second kappa shape index (κ2) is 8.55. The van der Waals surface area contributed by atoms with Crippen molar-refractivity contribution in [3.63, 3.8) is 0 Å². The molecule has 150 valence electrons. The van der Waals surface area contributed by atoms with E-state index in [2.05, 4.69) is 19.1 Å². The van der Waals surface area contributed by atoms with E-state index in [4.69, 9.17) is 4.74 Å². The first kappa shape index (κ1) is 20.7. The summed E-state index contributed by atoms with van der Waals surface area (Å²) in [6.45, 7) is 5.35. The third-order valence-corrected chi connectivity index (χ3v) is 6.30. The molecule has 0 saturated heterocycles. The molecule has 0 spiro atoms. The van der Waals surface area contributed by atoms with E-state index in [0.717, 1.165) is 39.6 Å². The van der Waals surface area contributed by atoms with Crippen molar-refractivity contribution in [2.75, 3.05) is 39.2 Å². The number of aliphatic hydroxyl groups excluding tert-OH is 1.